The summed E-state index contributed by atoms with van der Waals surface area (Å²) >= 11 is 5.81. The Kier molecular flexibility index (Phi) is 6.94. The first-order chi connectivity index (χ1) is 16.6. The van der Waals surface area contributed by atoms with E-state index >= 15 is 0 Å². The summed E-state index contributed by atoms with van der Waals surface area (Å²) in [6, 6.07) is 11.0. The van der Waals surface area contributed by atoms with Gasteiger partial charge in [-0.25, -0.2) is 4.79 Å². The zero-order valence-electron chi connectivity index (χ0n) is 21.1. The van der Waals surface area contributed by atoms with E-state index < -0.39 is 0 Å². The molecule has 0 saturated heterocycles. The van der Waals surface area contributed by atoms with E-state index in [1.807, 2.05) is 31.2 Å². The fourth-order valence-electron chi connectivity index (χ4n) is 4.41. The predicted molar refractivity (Wildman–Crippen MR) is 141 cm³/mol. The molecular weight excluding hydrogens is 464 g/mol. The van der Waals surface area contributed by atoms with Gasteiger partial charge in [0.2, 0.25) is 0 Å². The number of methoxy groups -OCH3 is 2. The molecular formula is C27H32N2O5S. The fraction of sp³-hybridized carbons (Fsp3) is 0.407. The van der Waals surface area contributed by atoms with Crippen LogP contribution in [-0.2, 0) is 6.42 Å². The van der Waals surface area contributed by atoms with E-state index in [1.165, 1.54) is 11.6 Å². The predicted octanol–water partition coefficient (Wildman–Crippen LogP) is 4.77. The monoisotopic (exact) mass is 496 g/mol. The number of thiocarbonyl (C=S) groups is 1. The Bertz CT molecular complexity index is 1310. The molecule has 0 amide bonds. The number of nitrogens with zero attached hydrogens (tertiary/aromatic N) is 1. The molecule has 1 atom stereocenters. The van der Waals surface area contributed by atoms with Crippen molar-refractivity contribution in [1.82, 2.24) is 10.2 Å². The van der Waals surface area contributed by atoms with Crippen molar-refractivity contribution in [3.05, 3.63) is 63.5 Å². The molecule has 8 heteroatoms. The first-order valence-electron chi connectivity index (χ1n) is 11.6. The Morgan fingerprint density at radius 1 is 1.14 bits per heavy atom. The summed E-state index contributed by atoms with van der Waals surface area (Å²) in [5.74, 6) is 1.99. The normalized spacial score (nSPS) is 15.5. The van der Waals surface area contributed by atoms with Crippen LogP contribution >= 0.6 is 12.2 Å². The molecule has 2 heterocycles. The van der Waals surface area contributed by atoms with Crippen molar-refractivity contribution >= 4 is 28.3 Å². The zero-order chi connectivity index (χ0) is 25.3. The minimum absolute atomic E-state index is 0.152. The van der Waals surface area contributed by atoms with Crippen molar-refractivity contribution in [3.8, 4) is 17.2 Å². The van der Waals surface area contributed by atoms with Crippen LogP contribution in [0.3, 0.4) is 0 Å². The molecule has 1 aromatic heterocycles. The van der Waals surface area contributed by atoms with Crippen LogP contribution in [0.25, 0.3) is 11.0 Å². The van der Waals surface area contributed by atoms with Crippen molar-refractivity contribution in [2.75, 3.05) is 27.4 Å². The Hall–Kier alpha value is -3.26. The molecule has 0 spiro atoms. The Labute approximate surface area is 211 Å². The van der Waals surface area contributed by atoms with Crippen LogP contribution in [-0.4, -0.2) is 42.9 Å². The number of ether oxygens (including phenoxy) is 3. The van der Waals surface area contributed by atoms with E-state index in [9.17, 15) is 4.79 Å². The smallest absolute Gasteiger partial charge is 0.336 e. The summed E-state index contributed by atoms with van der Waals surface area (Å²) in [6.45, 7) is 9.23. The molecule has 186 valence electrons. The van der Waals surface area contributed by atoms with Gasteiger partial charge in [0.15, 0.2) is 16.6 Å². The van der Waals surface area contributed by atoms with Gasteiger partial charge in [0.05, 0.1) is 20.3 Å². The molecule has 0 unspecified atom stereocenters. The molecule has 1 N–H and O–H groups in total. The van der Waals surface area contributed by atoms with Gasteiger partial charge >= 0.3 is 5.63 Å². The van der Waals surface area contributed by atoms with Crippen molar-refractivity contribution in [1.29, 1.82) is 0 Å². The number of aryl methyl sites for hydroxylation is 1. The van der Waals surface area contributed by atoms with Gasteiger partial charge in [0.1, 0.15) is 17.9 Å². The maximum Gasteiger partial charge on any atom is 0.336 e. The summed E-state index contributed by atoms with van der Waals surface area (Å²) in [5, 5.41) is 4.99. The van der Waals surface area contributed by atoms with Crippen LogP contribution < -0.4 is 25.2 Å². The fourth-order valence-corrected chi connectivity index (χ4v) is 4.94. The molecule has 0 fully saturated rings. The van der Waals surface area contributed by atoms with Gasteiger partial charge in [-0.1, -0.05) is 0 Å². The Morgan fingerprint density at radius 2 is 1.86 bits per heavy atom. The van der Waals surface area contributed by atoms with Crippen molar-refractivity contribution < 1.29 is 18.6 Å². The van der Waals surface area contributed by atoms with Crippen LogP contribution in [0, 0.1) is 6.92 Å². The van der Waals surface area contributed by atoms with Gasteiger partial charge in [-0.2, -0.15) is 0 Å². The topological polar surface area (TPSA) is 73.2 Å². The molecule has 7 nitrogen and oxygen atoms in total. The molecule has 3 aromatic rings. The Morgan fingerprint density at radius 3 is 2.54 bits per heavy atom. The first kappa shape index (κ1) is 24.9. The minimum atomic E-state index is -0.376. The summed E-state index contributed by atoms with van der Waals surface area (Å²) in [7, 11) is 3.27. The van der Waals surface area contributed by atoms with Crippen LogP contribution in [0.1, 0.15) is 43.5 Å². The Balaban J connectivity index is 1.68. The lowest BCUT2D eigenvalue weighted by Crippen LogP contribution is -2.52. The molecule has 0 aliphatic carbocycles. The molecule has 0 saturated carbocycles. The number of rotatable bonds is 5. The standard InChI is InChI=1S/C27H32N2O5S/c1-16-11-25(30)34-22-13-18(7-8-19(16)22)33-15-21-20-14-24(32-6)23(31-5)12-17(20)9-10-29(21)26(35)28-27(2,3)4/h7-8,11-14,21H,9-10,15H2,1-6H3,(H,28,35)/t21-/m1/s1. The highest BCUT2D eigenvalue weighted by atomic mass is 32.1. The van der Waals surface area contributed by atoms with Crippen LogP contribution in [0.2, 0.25) is 0 Å². The molecule has 1 aliphatic heterocycles. The summed E-state index contributed by atoms with van der Waals surface area (Å²) in [6.07, 6.45) is 0.818. The van der Waals surface area contributed by atoms with Gasteiger partial charge in [0, 0.05) is 29.6 Å². The third-order valence-corrected chi connectivity index (χ3v) is 6.41. The number of nitrogens with one attached hydrogen (secondary N) is 1. The second kappa shape index (κ2) is 9.77. The third kappa shape index (κ3) is 5.37. The van der Waals surface area contributed by atoms with Crippen LogP contribution in [0.15, 0.2) is 45.6 Å². The second-order valence-corrected chi connectivity index (χ2v) is 10.1. The second-order valence-electron chi connectivity index (χ2n) is 9.76. The van der Waals surface area contributed by atoms with E-state index in [-0.39, 0.29) is 17.2 Å². The minimum Gasteiger partial charge on any atom is -0.493 e. The van der Waals surface area contributed by atoms with E-state index in [1.54, 1.807) is 20.3 Å². The number of benzene rings is 2. The van der Waals surface area contributed by atoms with E-state index in [2.05, 4.69) is 31.0 Å². The lowest BCUT2D eigenvalue weighted by molar-refractivity contribution is 0.185. The molecule has 0 bridgehead atoms. The lowest BCUT2D eigenvalue weighted by Gasteiger charge is -2.41. The highest BCUT2D eigenvalue weighted by Crippen LogP contribution is 2.38. The average Bonchev–Trinajstić information content (AvgIpc) is 2.79. The summed E-state index contributed by atoms with van der Waals surface area (Å²) in [5.41, 5.74) is 3.08. The van der Waals surface area contributed by atoms with Gasteiger partial charge in [0.25, 0.3) is 0 Å². The van der Waals surface area contributed by atoms with E-state index in [0.29, 0.717) is 34.6 Å². The molecule has 1 aliphatic rings. The first-order valence-corrected chi connectivity index (χ1v) is 12.0. The van der Waals surface area contributed by atoms with Crippen molar-refractivity contribution in [3.63, 3.8) is 0 Å². The molecule has 4 rings (SSSR count). The maximum absolute atomic E-state index is 11.8. The molecule has 2 aromatic carbocycles. The van der Waals surface area contributed by atoms with Gasteiger partial charge < -0.3 is 28.8 Å². The van der Waals surface area contributed by atoms with Gasteiger partial charge in [-0.15, -0.1) is 0 Å². The van der Waals surface area contributed by atoms with Crippen molar-refractivity contribution in [2.24, 2.45) is 0 Å². The average molecular weight is 497 g/mol. The number of hydrogen-bond acceptors (Lipinski definition) is 6. The molecule has 35 heavy (non-hydrogen) atoms. The highest BCUT2D eigenvalue weighted by molar-refractivity contribution is 7.80. The van der Waals surface area contributed by atoms with Gasteiger partial charge in [-0.05, 0) is 87.3 Å². The lowest BCUT2D eigenvalue weighted by atomic mass is 9.92. The van der Waals surface area contributed by atoms with Gasteiger partial charge in [-0.3, -0.25) is 0 Å². The van der Waals surface area contributed by atoms with E-state index in [4.69, 9.17) is 30.8 Å². The largest absolute Gasteiger partial charge is 0.493 e. The highest BCUT2D eigenvalue weighted by Gasteiger charge is 2.32. The van der Waals surface area contributed by atoms with E-state index in [0.717, 1.165) is 29.5 Å². The zero-order valence-corrected chi connectivity index (χ0v) is 21.9. The maximum atomic E-state index is 11.8. The third-order valence-electron chi connectivity index (χ3n) is 6.08. The number of fused-ring (bicyclic) bond motifs is 2. The van der Waals surface area contributed by atoms with Crippen LogP contribution in [0.4, 0.5) is 0 Å². The van der Waals surface area contributed by atoms with Crippen molar-refractivity contribution in [2.45, 2.75) is 45.7 Å². The summed E-state index contributed by atoms with van der Waals surface area (Å²) in [4.78, 5) is 14.0. The molecule has 0 radical (unpaired) electrons. The quantitative estimate of drug-likeness (QED) is 0.400. The SMILES string of the molecule is COc1cc2c(cc1OC)[C@@H](COc1ccc3c(C)cc(=O)oc3c1)N(C(=S)NC(C)(C)C)CC2. The summed E-state index contributed by atoms with van der Waals surface area (Å²) < 4.78 is 22.8. The number of hydrogen-bond donors (Lipinski definition) is 1. The van der Waals surface area contributed by atoms with Crippen LogP contribution in [0.5, 0.6) is 17.2 Å².